The van der Waals surface area contributed by atoms with Crippen LogP contribution in [0, 0.1) is 13.8 Å². The van der Waals surface area contributed by atoms with Crippen molar-refractivity contribution >= 4 is 49.2 Å². The summed E-state index contributed by atoms with van der Waals surface area (Å²) in [7, 11) is 0. The van der Waals surface area contributed by atoms with Gasteiger partial charge >= 0.3 is 0 Å². The Kier molecular flexibility index (Phi) is 5.53. The molecular weight excluding hydrogens is 462 g/mol. The molecule has 136 valence electrons. The molecule has 26 heavy (non-hydrogen) atoms. The highest BCUT2D eigenvalue weighted by atomic mass is 79.9. The van der Waals surface area contributed by atoms with Crippen molar-refractivity contribution in [3.63, 3.8) is 0 Å². The number of nitrogens with one attached hydrogen (secondary N) is 1. The van der Waals surface area contributed by atoms with Crippen molar-refractivity contribution in [2.24, 2.45) is 0 Å². The maximum absolute atomic E-state index is 12.3. The summed E-state index contributed by atoms with van der Waals surface area (Å²) in [4.78, 5) is 24.6. The topological polar surface area (TPSA) is 55.4 Å². The predicted molar refractivity (Wildman–Crippen MR) is 109 cm³/mol. The van der Waals surface area contributed by atoms with Gasteiger partial charge in [0, 0.05) is 15.4 Å². The molecule has 1 aliphatic rings. The summed E-state index contributed by atoms with van der Waals surface area (Å²) < 4.78 is 7.28. The molecule has 0 saturated carbocycles. The SMILES string of the molecule is Cc1cc(Br)c(NC(=O)COc2ccc(C)c3c2C(=O)C[C@H]3C)c(Br)c1. The van der Waals surface area contributed by atoms with Crippen LogP contribution in [0.4, 0.5) is 5.69 Å². The van der Waals surface area contributed by atoms with Crippen LogP contribution in [-0.4, -0.2) is 18.3 Å². The zero-order chi connectivity index (χ0) is 19.0. The van der Waals surface area contributed by atoms with E-state index in [0.29, 0.717) is 23.4 Å². The molecule has 4 nitrogen and oxygen atoms in total. The number of amides is 1. The molecule has 0 radical (unpaired) electrons. The van der Waals surface area contributed by atoms with Crippen LogP contribution < -0.4 is 10.1 Å². The fraction of sp³-hybridized carbons (Fsp3) is 0.300. The Bertz CT molecular complexity index is 885. The van der Waals surface area contributed by atoms with Gasteiger partial charge in [-0.3, -0.25) is 9.59 Å². The van der Waals surface area contributed by atoms with Gasteiger partial charge in [0.2, 0.25) is 0 Å². The number of hydrogen-bond donors (Lipinski definition) is 1. The normalized spacial score (nSPS) is 15.7. The number of anilines is 1. The number of aryl methyl sites for hydroxylation is 2. The lowest BCUT2D eigenvalue weighted by atomic mass is 9.97. The number of ketones is 1. The monoisotopic (exact) mass is 479 g/mol. The Labute approximate surface area is 169 Å². The molecular formula is C20H19Br2NO3. The zero-order valence-electron chi connectivity index (χ0n) is 14.8. The van der Waals surface area contributed by atoms with Gasteiger partial charge < -0.3 is 10.1 Å². The Morgan fingerprint density at radius 3 is 2.54 bits per heavy atom. The standard InChI is InChI=1S/C20H19Br2NO3/c1-10-6-13(21)20(14(22)7-10)23-17(25)9-26-16-5-4-11(2)18-12(3)8-15(24)19(16)18/h4-7,12H,8-9H2,1-3H3,(H,23,25)/t12-/m1/s1. The van der Waals surface area contributed by atoms with E-state index < -0.39 is 0 Å². The first kappa shape index (κ1) is 19.1. The van der Waals surface area contributed by atoms with Gasteiger partial charge in [-0.2, -0.15) is 0 Å². The lowest BCUT2D eigenvalue weighted by Gasteiger charge is -2.14. The second-order valence-corrected chi connectivity index (χ2v) is 8.35. The third kappa shape index (κ3) is 3.71. The minimum absolute atomic E-state index is 0.0793. The minimum Gasteiger partial charge on any atom is -0.483 e. The summed E-state index contributed by atoms with van der Waals surface area (Å²) in [5.41, 5.74) is 4.48. The number of carbonyl (C=O) groups is 2. The van der Waals surface area contributed by atoms with Crippen molar-refractivity contribution < 1.29 is 14.3 Å². The molecule has 0 unspecified atom stereocenters. The number of halogens is 2. The molecule has 0 spiro atoms. The molecule has 1 atom stereocenters. The van der Waals surface area contributed by atoms with Crippen molar-refractivity contribution in [3.8, 4) is 5.75 Å². The first-order chi connectivity index (χ1) is 12.3. The van der Waals surface area contributed by atoms with Crippen LogP contribution in [0.25, 0.3) is 0 Å². The van der Waals surface area contributed by atoms with Crippen molar-refractivity contribution in [1.82, 2.24) is 0 Å². The molecule has 0 saturated heterocycles. The molecule has 1 amide bonds. The maximum atomic E-state index is 12.3. The predicted octanol–water partition coefficient (Wildman–Crippen LogP) is 5.54. The Morgan fingerprint density at radius 1 is 1.23 bits per heavy atom. The summed E-state index contributed by atoms with van der Waals surface area (Å²) in [6.45, 7) is 5.85. The van der Waals surface area contributed by atoms with Gasteiger partial charge in [0.25, 0.3) is 5.91 Å². The smallest absolute Gasteiger partial charge is 0.262 e. The lowest BCUT2D eigenvalue weighted by Crippen LogP contribution is -2.21. The van der Waals surface area contributed by atoms with E-state index >= 15 is 0 Å². The highest BCUT2D eigenvalue weighted by Gasteiger charge is 2.31. The highest BCUT2D eigenvalue weighted by molar-refractivity contribution is 9.11. The average molecular weight is 481 g/mol. The lowest BCUT2D eigenvalue weighted by molar-refractivity contribution is -0.118. The van der Waals surface area contributed by atoms with Crippen molar-refractivity contribution in [1.29, 1.82) is 0 Å². The van der Waals surface area contributed by atoms with Gasteiger partial charge in [0.15, 0.2) is 12.4 Å². The first-order valence-electron chi connectivity index (χ1n) is 8.33. The summed E-state index contributed by atoms with van der Waals surface area (Å²) in [6, 6.07) is 7.56. The van der Waals surface area contributed by atoms with E-state index in [1.54, 1.807) is 6.07 Å². The highest BCUT2D eigenvalue weighted by Crippen LogP contribution is 2.40. The summed E-state index contributed by atoms with van der Waals surface area (Å²) >= 11 is 6.91. The number of hydrogen-bond acceptors (Lipinski definition) is 3. The van der Waals surface area contributed by atoms with Gasteiger partial charge in [0.05, 0.1) is 11.3 Å². The van der Waals surface area contributed by atoms with E-state index in [1.165, 1.54) is 0 Å². The molecule has 3 rings (SSSR count). The summed E-state index contributed by atoms with van der Waals surface area (Å²) in [6.07, 6.45) is 0.492. The van der Waals surface area contributed by atoms with Crippen LogP contribution in [0.1, 0.15) is 46.3 Å². The second kappa shape index (κ2) is 7.53. The van der Waals surface area contributed by atoms with Gasteiger partial charge in [-0.15, -0.1) is 0 Å². The number of ether oxygens (including phenoxy) is 1. The third-order valence-corrected chi connectivity index (χ3v) is 5.75. The molecule has 0 bridgehead atoms. The average Bonchev–Trinajstić information content (AvgIpc) is 2.86. The number of benzene rings is 2. The zero-order valence-corrected chi connectivity index (χ0v) is 18.0. The second-order valence-electron chi connectivity index (χ2n) is 6.64. The Morgan fingerprint density at radius 2 is 1.88 bits per heavy atom. The Hall–Kier alpha value is -1.66. The van der Waals surface area contributed by atoms with Crippen LogP contribution >= 0.6 is 31.9 Å². The fourth-order valence-electron chi connectivity index (χ4n) is 3.37. The number of carbonyl (C=O) groups excluding carboxylic acids is 2. The van der Waals surface area contributed by atoms with Crippen molar-refractivity contribution in [2.45, 2.75) is 33.1 Å². The van der Waals surface area contributed by atoms with Crippen LogP contribution in [0.5, 0.6) is 5.75 Å². The van der Waals surface area contributed by atoms with E-state index in [2.05, 4.69) is 37.2 Å². The number of Topliss-reactive ketones (excluding diaryl/α,β-unsaturated/α-hetero) is 1. The van der Waals surface area contributed by atoms with Gasteiger partial charge in [-0.05, 0) is 86.5 Å². The van der Waals surface area contributed by atoms with E-state index in [1.807, 2.05) is 39.0 Å². The van der Waals surface area contributed by atoms with Crippen LogP contribution in [-0.2, 0) is 4.79 Å². The van der Waals surface area contributed by atoms with Crippen LogP contribution in [0.15, 0.2) is 33.2 Å². The van der Waals surface area contributed by atoms with E-state index in [0.717, 1.165) is 25.6 Å². The molecule has 0 fully saturated rings. The molecule has 2 aromatic carbocycles. The van der Waals surface area contributed by atoms with Crippen LogP contribution in [0.2, 0.25) is 0 Å². The molecule has 0 aliphatic heterocycles. The van der Waals surface area contributed by atoms with Gasteiger partial charge in [-0.1, -0.05) is 13.0 Å². The number of rotatable bonds is 4. The number of fused-ring (bicyclic) bond motifs is 1. The largest absolute Gasteiger partial charge is 0.483 e. The fourth-order valence-corrected chi connectivity index (χ4v) is 4.98. The van der Waals surface area contributed by atoms with E-state index in [9.17, 15) is 9.59 Å². The molecule has 0 heterocycles. The molecule has 6 heteroatoms. The quantitative estimate of drug-likeness (QED) is 0.625. The van der Waals surface area contributed by atoms with E-state index in [4.69, 9.17) is 4.74 Å². The molecule has 2 aromatic rings. The van der Waals surface area contributed by atoms with E-state index in [-0.39, 0.29) is 24.2 Å². The first-order valence-corrected chi connectivity index (χ1v) is 9.91. The minimum atomic E-state index is -0.289. The summed E-state index contributed by atoms with van der Waals surface area (Å²) in [5, 5.41) is 2.83. The van der Waals surface area contributed by atoms with Crippen LogP contribution in [0.3, 0.4) is 0 Å². The van der Waals surface area contributed by atoms with Gasteiger partial charge in [0.1, 0.15) is 5.75 Å². The molecule has 0 aromatic heterocycles. The summed E-state index contributed by atoms with van der Waals surface area (Å²) in [5.74, 6) is 0.463. The van der Waals surface area contributed by atoms with Gasteiger partial charge in [-0.25, -0.2) is 0 Å². The van der Waals surface area contributed by atoms with Crippen molar-refractivity contribution in [3.05, 3.63) is 55.5 Å². The molecule has 1 N–H and O–H groups in total. The Balaban J connectivity index is 1.75. The maximum Gasteiger partial charge on any atom is 0.262 e. The third-order valence-electron chi connectivity index (χ3n) is 4.50. The van der Waals surface area contributed by atoms with Crippen molar-refractivity contribution in [2.75, 3.05) is 11.9 Å². The molecule has 1 aliphatic carbocycles.